The number of hydrogen-bond acceptors (Lipinski definition) is 8. The van der Waals surface area contributed by atoms with Gasteiger partial charge in [-0.2, -0.15) is 0 Å². The Hall–Kier alpha value is -2.82. The van der Waals surface area contributed by atoms with Crippen molar-refractivity contribution in [3.8, 4) is 0 Å². The summed E-state index contributed by atoms with van der Waals surface area (Å²) in [6.07, 6.45) is 3.49. The van der Waals surface area contributed by atoms with E-state index in [1.165, 1.54) is 20.0 Å². The molecule has 3 atom stereocenters. The van der Waals surface area contributed by atoms with Crippen LogP contribution in [0.15, 0.2) is 36.0 Å². The van der Waals surface area contributed by atoms with Crippen LogP contribution in [0.3, 0.4) is 0 Å². The average Bonchev–Trinajstić information content (AvgIpc) is 3.46. The lowest BCUT2D eigenvalue weighted by Crippen LogP contribution is -2.42. The number of amides is 1. The zero-order chi connectivity index (χ0) is 25.0. The molecule has 0 aliphatic heterocycles. The number of carbonyl (C=O) groups is 1. The molecule has 1 amide bonds. The first kappa shape index (κ1) is 25.3. The van der Waals surface area contributed by atoms with E-state index in [4.69, 9.17) is 0 Å². The van der Waals surface area contributed by atoms with Gasteiger partial charge in [0.25, 0.3) is 5.91 Å². The van der Waals surface area contributed by atoms with Gasteiger partial charge in [0.1, 0.15) is 12.0 Å². The van der Waals surface area contributed by atoms with Crippen molar-refractivity contribution >= 4 is 44.7 Å². The van der Waals surface area contributed by atoms with E-state index in [0.29, 0.717) is 23.0 Å². The molecular formula is C25H32FN5O3S. The summed E-state index contributed by atoms with van der Waals surface area (Å²) in [5, 5.41) is 28.4. The quantitative estimate of drug-likeness (QED) is 0.282. The lowest BCUT2D eigenvalue weighted by Gasteiger charge is -2.23. The summed E-state index contributed by atoms with van der Waals surface area (Å²) in [7, 11) is 0. The van der Waals surface area contributed by atoms with Gasteiger partial charge in [-0.3, -0.25) is 4.79 Å². The average molecular weight is 502 g/mol. The van der Waals surface area contributed by atoms with Crippen LogP contribution in [0.5, 0.6) is 0 Å². The number of benzene rings is 1. The topological polar surface area (TPSA) is 119 Å². The molecule has 0 radical (unpaired) electrons. The van der Waals surface area contributed by atoms with Gasteiger partial charge in [0.05, 0.1) is 39.1 Å². The molecule has 2 heterocycles. The Kier molecular flexibility index (Phi) is 7.83. The number of alkyl halides is 1. The zero-order valence-corrected chi connectivity index (χ0v) is 20.7. The SMILES string of the molecule is CC(C)(O)[C@H](F)CNC(=O)c1cnc(Nc2ccc3ncsc3c2)cc1N[C@H]1CCC(CCO)C1. The Labute approximate surface area is 208 Å². The number of thiazole rings is 1. The van der Waals surface area contributed by atoms with Crippen LogP contribution in [0.4, 0.5) is 21.6 Å². The Morgan fingerprint density at radius 1 is 1.29 bits per heavy atom. The van der Waals surface area contributed by atoms with Crippen LogP contribution < -0.4 is 16.0 Å². The summed E-state index contributed by atoms with van der Waals surface area (Å²) in [5.74, 6) is 0.548. The first-order valence-corrected chi connectivity index (χ1v) is 12.7. The molecule has 1 aliphatic carbocycles. The van der Waals surface area contributed by atoms with E-state index in [0.717, 1.165) is 41.6 Å². The third-order valence-corrected chi connectivity index (χ3v) is 7.19. The van der Waals surface area contributed by atoms with Gasteiger partial charge in [0, 0.05) is 30.6 Å². The number of aliphatic hydroxyl groups is 2. The maximum Gasteiger partial charge on any atom is 0.255 e. The van der Waals surface area contributed by atoms with E-state index in [-0.39, 0.29) is 19.2 Å². The summed E-state index contributed by atoms with van der Waals surface area (Å²) in [4.78, 5) is 21.6. The number of hydrogen-bond donors (Lipinski definition) is 5. The summed E-state index contributed by atoms with van der Waals surface area (Å²) in [6, 6.07) is 7.80. The molecule has 1 aliphatic rings. The van der Waals surface area contributed by atoms with Crippen molar-refractivity contribution in [2.24, 2.45) is 5.92 Å². The normalized spacial score (nSPS) is 19.0. The van der Waals surface area contributed by atoms with Gasteiger partial charge < -0.3 is 26.2 Å². The number of aromatic nitrogens is 2. The number of halogens is 1. The first-order chi connectivity index (χ1) is 16.7. The number of aliphatic hydroxyl groups excluding tert-OH is 1. The van der Waals surface area contributed by atoms with Crippen LogP contribution in [-0.4, -0.2) is 57.1 Å². The number of carbonyl (C=O) groups excluding carboxylic acids is 1. The molecule has 0 bridgehead atoms. The van der Waals surface area contributed by atoms with Crippen LogP contribution in [0.1, 0.15) is 49.9 Å². The van der Waals surface area contributed by atoms with Gasteiger partial charge in [0.2, 0.25) is 0 Å². The number of fused-ring (bicyclic) bond motifs is 1. The second-order valence-corrected chi connectivity index (χ2v) is 10.5. The van der Waals surface area contributed by atoms with Crippen molar-refractivity contribution in [2.45, 2.75) is 57.3 Å². The fourth-order valence-corrected chi connectivity index (χ4v) is 5.02. The van der Waals surface area contributed by atoms with Gasteiger partial charge in [-0.05, 0) is 63.6 Å². The van der Waals surface area contributed by atoms with Gasteiger partial charge >= 0.3 is 0 Å². The van der Waals surface area contributed by atoms with Crippen molar-refractivity contribution in [1.82, 2.24) is 15.3 Å². The van der Waals surface area contributed by atoms with E-state index in [9.17, 15) is 19.4 Å². The molecule has 0 spiro atoms. The Bertz CT molecular complexity index is 1170. The fraction of sp³-hybridized carbons (Fsp3) is 0.480. The van der Waals surface area contributed by atoms with Crippen molar-refractivity contribution in [2.75, 3.05) is 23.8 Å². The third kappa shape index (κ3) is 6.45. The summed E-state index contributed by atoms with van der Waals surface area (Å²) in [6.45, 7) is 2.60. The maximum absolute atomic E-state index is 14.2. The summed E-state index contributed by atoms with van der Waals surface area (Å²) >= 11 is 1.55. The predicted molar refractivity (Wildman–Crippen MR) is 137 cm³/mol. The van der Waals surface area contributed by atoms with Gasteiger partial charge in [-0.15, -0.1) is 11.3 Å². The molecule has 0 saturated heterocycles. The van der Waals surface area contributed by atoms with E-state index >= 15 is 0 Å². The second kappa shape index (κ2) is 10.8. The standard InChI is InChI=1S/C25H32FN5O3S/c1-25(2,34)22(26)13-28-24(33)18-12-27-23(31-17-5-6-19-21(10-17)35-14-29-19)11-20(18)30-16-4-3-15(9-16)7-8-32/h5-6,10-12,14-16,22,32,34H,3-4,7-9,13H2,1-2H3,(H,28,33)(H2,27,30,31)/t15?,16-,22+/m0/s1. The highest BCUT2D eigenvalue weighted by Gasteiger charge is 2.28. The minimum Gasteiger partial charge on any atom is -0.396 e. The molecule has 2 aromatic heterocycles. The van der Waals surface area contributed by atoms with Crippen molar-refractivity contribution in [1.29, 1.82) is 0 Å². The highest BCUT2D eigenvalue weighted by Crippen LogP contribution is 2.32. The van der Waals surface area contributed by atoms with Gasteiger partial charge in [-0.25, -0.2) is 14.4 Å². The number of rotatable bonds is 10. The molecule has 10 heteroatoms. The minimum absolute atomic E-state index is 0.159. The smallest absolute Gasteiger partial charge is 0.255 e. The first-order valence-electron chi connectivity index (χ1n) is 11.9. The molecule has 8 nitrogen and oxygen atoms in total. The molecule has 1 unspecified atom stereocenters. The minimum atomic E-state index is -1.60. The molecule has 188 valence electrons. The molecular weight excluding hydrogens is 469 g/mol. The van der Waals surface area contributed by atoms with E-state index in [2.05, 4.69) is 25.9 Å². The van der Waals surface area contributed by atoms with E-state index in [1.54, 1.807) is 22.9 Å². The van der Waals surface area contributed by atoms with Crippen LogP contribution in [-0.2, 0) is 0 Å². The van der Waals surface area contributed by atoms with Gasteiger partial charge in [0.15, 0.2) is 0 Å². The van der Waals surface area contributed by atoms with Crippen LogP contribution in [0, 0.1) is 5.92 Å². The predicted octanol–water partition coefficient (Wildman–Crippen LogP) is 4.24. The molecule has 35 heavy (non-hydrogen) atoms. The van der Waals surface area contributed by atoms with Crippen molar-refractivity contribution in [3.05, 3.63) is 41.5 Å². The van der Waals surface area contributed by atoms with Crippen LogP contribution in [0.2, 0.25) is 0 Å². The number of anilines is 3. The molecule has 5 N–H and O–H groups in total. The summed E-state index contributed by atoms with van der Waals surface area (Å²) in [5.41, 5.74) is 2.94. The van der Waals surface area contributed by atoms with E-state index < -0.39 is 17.7 Å². The van der Waals surface area contributed by atoms with Crippen molar-refractivity contribution in [3.63, 3.8) is 0 Å². The Balaban J connectivity index is 1.54. The van der Waals surface area contributed by atoms with Gasteiger partial charge in [-0.1, -0.05) is 0 Å². The number of nitrogens with zero attached hydrogens (tertiary/aromatic N) is 2. The molecule has 3 aromatic rings. The third-order valence-electron chi connectivity index (χ3n) is 6.40. The Morgan fingerprint density at radius 3 is 2.89 bits per heavy atom. The molecule has 1 aromatic carbocycles. The summed E-state index contributed by atoms with van der Waals surface area (Å²) < 4.78 is 15.2. The van der Waals surface area contributed by atoms with Crippen molar-refractivity contribution < 1.29 is 19.4 Å². The molecule has 4 rings (SSSR count). The highest BCUT2D eigenvalue weighted by molar-refractivity contribution is 7.16. The van der Waals surface area contributed by atoms with Crippen LogP contribution in [0.25, 0.3) is 10.2 Å². The molecule has 1 saturated carbocycles. The van der Waals surface area contributed by atoms with Crippen LogP contribution >= 0.6 is 11.3 Å². The largest absolute Gasteiger partial charge is 0.396 e. The van der Waals surface area contributed by atoms with E-state index in [1.807, 2.05) is 18.2 Å². The Morgan fingerprint density at radius 2 is 2.11 bits per heavy atom. The fourth-order valence-electron chi connectivity index (χ4n) is 4.30. The highest BCUT2D eigenvalue weighted by atomic mass is 32.1. The lowest BCUT2D eigenvalue weighted by atomic mass is 10.0. The number of nitrogens with one attached hydrogen (secondary N) is 3. The number of pyridine rings is 1. The zero-order valence-electron chi connectivity index (χ0n) is 19.9. The second-order valence-electron chi connectivity index (χ2n) is 9.64. The molecule has 1 fully saturated rings. The lowest BCUT2D eigenvalue weighted by molar-refractivity contribution is -0.00177. The monoisotopic (exact) mass is 501 g/mol. The maximum atomic E-state index is 14.2.